The number of hydrogen-bond acceptors (Lipinski definition) is 12. The molecule has 0 fully saturated rings. The quantitative estimate of drug-likeness (QED) is 0.197. The highest BCUT2D eigenvalue weighted by molar-refractivity contribution is 5.02. The lowest BCUT2D eigenvalue weighted by atomic mass is 10.1. The second-order valence-electron chi connectivity index (χ2n) is 5.87. The van der Waals surface area contributed by atoms with Gasteiger partial charge in [-0.1, -0.05) is 51.1 Å². The predicted molar refractivity (Wildman–Crippen MR) is 108 cm³/mol. The maximum absolute atomic E-state index is 8.61. The van der Waals surface area contributed by atoms with Crippen LogP contribution >= 0.6 is 0 Å². The molecule has 34 heavy (non-hydrogen) atoms. The van der Waals surface area contributed by atoms with Crippen molar-refractivity contribution >= 4 is 0 Å². The van der Waals surface area contributed by atoms with E-state index in [2.05, 4.69) is 80.6 Å². The molecule has 0 saturated carbocycles. The number of azide groups is 6. The standard InChI is InChI=1S/C10H12N22O2/c11-27-17-1-9(2-18-28-12,3-19-29-13)33-7-23-25-8(26-24-7)34-10(4-20-30-14,5-21-31-15)6-22-32-16/h1-6H2. The summed E-state index contributed by atoms with van der Waals surface area (Å²) in [6, 6.07) is -1.01. The summed E-state index contributed by atoms with van der Waals surface area (Å²) in [7, 11) is 0. The Balaban J connectivity index is 3.27. The van der Waals surface area contributed by atoms with Crippen molar-refractivity contribution in [1.82, 2.24) is 20.4 Å². The van der Waals surface area contributed by atoms with Crippen LogP contribution in [0.15, 0.2) is 30.7 Å². The van der Waals surface area contributed by atoms with Crippen molar-refractivity contribution < 1.29 is 9.47 Å². The zero-order valence-electron chi connectivity index (χ0n) is 16.9. The van der Waals surface area contributed by atoms with Crippen LogP contribution in [0.25, 0.3) is 62.7 Å². The van der Waals surface area contributed by atoms with Gasteiger partial charge >= 0.3 is 12.0 Å². The first-order chi connectivity index (χ1) is 16.5. The molecule has 0 radical (unpaired) electrons. The van der Waals surface area contributed by atoms with Crippen molar-refractivity contribution in [3.63, 3.8) is 0 Å². The minimum Gasteiger partial charge on any atom is -0.454 e. The van der Waals surface area contributed by atoms with E-state index in [4.69, 9.17) is 42.7 Å². The van der Waals surface area contributed by atoms with Crippen molar-refractivity contribution in [1.29, 1.82) is 0 Å². The third-order valence-corrected chi connectivity index (χ3v) is 3.59. The molecule has 0 saturated heterocycles. The first-order valence-corrected chi connectivity index (χ1v) is 8.53. The third-order valence-electron chi connectivity index (χ3n) is 3.59. The largest absolute Gasteiger partial charge is 0.454 e. The summed E-state index contributed by atoms with van der Waals surface area (Å²) in [6.07, 6.45) is 0. The van der Waals surface area contributed by atoms with Gasteiger partial charge in [0, 0.05) is 29.5 Å². The van der Waals surface area contributed by atoms with Gasteiger partial charge in [-0.15, -0.1) is 0 Å². The number of ether oxygens (including phenoxy) is 2. The van der Waals surface area contributed by atoms with Crippen LogP contribution in [0.3, 0.4) is 0 Å². The lowest BCUT2D eigenvalue weighted by molar-refractivity contribution is 0.0667. The Morgan fingerprint density at radius 3 is 0.853 bits per heavy atom. The average molecular weight is 472 g/mol. The Bertz CT molecular complexity index is 917. The van der Waals surface area contributed by atoms with Gasteiger partial charge in [-0.2, -0.15) is 0 Å². The number of nitrogens with zero attached hydrogens (tertiary/aromatic N) is 22. The molecule has 1 rings (SSSR count). The fourth-order valence-corrected chi connectivity index (χ4v) is 2.14. The summed E-state index contributed by atoms with van der Waals surface area (Å²) < 4.78 is 11.0. The first kappa shape index (κ1) is 26.4. The maximum Gasteiger partial charge on any atom is 0.355 e. The van der Waals surface area contributed by atoms with E-state index in [0.717, 1.165) is 0 Å². The lowest BCUT2D eigenvalue weighted by Gasteiger charge is -2.29. The summed E-state index contributed by atoms with van der Waals surface area (Å²) in [5, 5.41) is 34.6. The van der Waals surface area contributed by atoms with Gasteiger partial charge in [0.1, 0.15) is 11.2 Å². The predicted octanol–water partition coefficient (Wildman–Crippen LogP) is 3.36. The Labute approximate surface area is 186 Å². The fourth-order valence-electron chi connectivity index (χ4n) is 2.14. The van der Waals surface area contributed by atoms with Gasteiger partial charge < -0.3 is 9.47 Å². The SMILES string of the molecule is [N-]=[N+]=NCC(CN=[N+]=[N-])(CN=[N+]=[N-])Oc1nnc(OC(CN=[N+]=[N-])(CN=[N+]=[N-])CN=[N+]=[N-])nn1. The van der Waals surface area contributed by atoms with E-state index in [0.29, 0.717) is 0 Å². The van der Waals surface area contributed by atoms with Crippen LogP contribution in [-0.4, -0.2) is 70.9 Å². The maximum atomic E-state index is 8.61. The van der Waals surface area contributed by atoms with Crippen molar-refractivity contribution in [3.8, 4) is 12.0 Å². The van der Waals surface area contributed by atoms with Gasteiger partial charge in [0.2, 0.25) is 0 Å². The molecule has 0 unspecified atom stereocenters. The zero-order chi connectivity index (χ0) is 25.1. The van der Waals surface area contributed by atoms with Gasteiger partial charge in [-0.05, 0) is 33.2 Å². The van der Waals surface area contributed by atoms with E-state index in [1.54, 1.807) is 0 Å². The molecule has 1 aromatic heterocycles. The second-order valence-corrected chi connectivity index (χ2v) is 5.87. The van der Waals surface area contributed by atoms with Crippen LogP contribution in [0.4, 0.5) is 0 Å². The fraction of sp³-hybridized carbons (Fsp3) is 0.800. The highest BCUT2D eigenvalue weighted by Gasteiger charge is 2.34. The van der Waals surface area contributed by atoms with Crippen LogP contribution in [0.2, 0.25) is 0 Å². The van der Waals surface area contributed by atoms with Crippen LogP contribution < -0.4 is 9.47 Å². The van der Waals surface area contributed by atoms with Crippen molar-refractivity contribution in [3.05, 3.63) is 62.7 Å². The van der Waals surface area contributed by atoms with E-state index in [1.165, 1.54) is 0 Å². The van der Waals surface area contributed by atoms with Gasteiger partial charge in [0.25, 0.3) is 0 Å². The molecule has 0 amide bonds. The van der Waals surface area contributed by atoms with E-state index < -0.39 is 62.5 Å². The summed E-state index contributed by atoms with van der Waals surface area (Å²) in [6.45, 7) is -2.60. The van der Waals surface area contributed by atoms with Gasteiger partial charge in [-0.25, -0.2) is 0 Å². The van der Waals surface area contributed by atoms with Gasteiger partial charge in [0.15, 0.2) is 0 Å². The molecule has 0 spiro atoms. The Kier molecular flexibility index (Phi) is 11.2. The Morgan fingerprint density at radius 1 is 0.471 bits per heavy atom. The summed E-state index contributed by atoms with van der Waals surface area (Å²) in [5.41, 5.74) is 48.4. The smallest absolute Gasteiger partial charge is 0.355 e. The molecule has 0 aliphatic rings. The molecule has 24 heteroatoms. The molecular weight excluding hydrogens is 460 g/mol. The number of hydrogen-bond donors (Lipinski definition) is 0. The number of rotatable bonds is 16. The van der Waals surface area contributed by atoms with Crippen molar-refractivity contribution in [2.75, 3.05) is 39.3 Å². The second kappa shape index (κ2) is 14.4. The molecule has 174 valence electrons. The molecule has 0 aromatic carbocycles. The molecule has 24 nitrogen and oxygen atoms in total. The average Bonchev–Trinajstić information content (AvgIpc) is 2.86. The Hall–Kier alpha value is -5.60. The van der Waals surface area contributed by atoms with E-state index in [1.807, 2.05) is 0 Å². The van der Waals surface area contributed by atoms with Crippen molar-refractivity contribution in [2.45, 2.75) is 11.2 Å². The van der Waals surface area contributed by atoms with Crippen LogP contribution in [-0.2, 0) is 0 Å². The first-order valence-electron chi connectivity index (χ1n) is 8.53. The molecule has 0 atom stereocenters. The minimum absolute atomic E-state index is 0.434. The number of aromatic nitrogens is 4. The lowest BCUT2D eigenvalue weighted by Crippen LogP contribution is -2.47. The monoisotopic (exact) mass is 472 g/mol. The van der Waals surface area contributed by atoms with E-state index in [9.17, 15) is 0 Å². The molecule has 0 bridgehead atoms. The third kappa shape index (κ3) is 8.64. The van der Waals surface area contributed by atoms with E-state index >= 15 is 0 Å². The minimum atomic E-state index is -1.65. The van der Waals surface area contributed by atoms with Gasteiger partial charge in [0.05, 0.1) is 39.3 Å². The van der Waals surface area contributed by atoms with Crippen LogP contribution in [0.5, 0.6) is 12.0 Å². The topological polar surface area (TPSA) is 363 Å². The van der Waals surface area contributed by atoms with E-state index in [-0.39, 0.29) is 0 Å². The Morgan fingerprint density at radius 2 is 0.676 bits per heavy atom. The molecule has 0 N–H and O–H groups in total. The van der Waals surface area contributed by atoms with Crippen LogP contribution in [0, 0.1) is 0 Å². The summed E-state index contributed by atoms with van der Waals surface area (Å²) in [4.78, 5) is 15.5. The van der Waals surface area contributed by atoms with Gasteiger partial charge in [-0.3, -0.25) is 0 Å². The normalized spacial score (nSPS) is 12.7. The highest BCUT2D eigenvalue weighted by Crippen LogP contribution is 2.20. The molecule has 0 aliphatic heterocycles. The summed E-state index contributed by atoms with van der Waals surface area (Å²) in [5.74, 6) is 0. The highest BCUT2D eigenvalue weighted by atomic mass is 16.5. The summed E-state index contributed by atoms with van der Waals surface area (Å²) >= 11 is 0. The molecule has 1 heterocycles. The van der Waals surface area contributed by atoms with Crippen LogP contribution in [0.1, 0.15) is 0 Å². The molecular formula is C10H12N22O2. The molecule has 0 aliphatic carbocycles. The van der Waals surface area contributed by atoms with Crippen molar-refractivity contribution in [2.24, 2.45) is 30.7 Å². The molecule has 1 aromatic rings. The zero-order valence-corrected chi connectivity index (χ0v) is 16.9.